The molecule has 0 aromatic heterocycles. The van der Waals surface area contributed by atoms with E-state index in [1.54, 1.807) is 0 Å². The van der Waals surface area contributed by atoms with Gasteiger partial charge in [-0.05, 0) is 44.1 Å². The Morgan fingerprint density at radius 3 is 2.12 bits per heavy atom. The maximum Gasteiger partial charge on any atom is 0.241 e. The summed E-state index contributed by atoms with van der Waals surface area (Å²) in [6.45, 7) is 4.68. The van der Waals surface area contributed by atoms with E-state index >= 15 is 0 Å². The molecule has 25 heavy (non-hydrogen) atoms. The molecule has 0 heterocycles. The number of nitrogens with one attached hydrogen (secondary N) is 1. The quantitative estimate of drug-likeness (QED) is 0.815. The summed E-state index contributed by atoms with van der Waals surface area (Å²) in [7, 11) is 4.04. The van der Waals surface area contributed by atoms with Gasteiger partial charge in [-0.2, -0.15) is 0 Å². The van der Waals surface area contributed by atoms with Crippen molar-refractivity contribution in [3.05, 3.63) is 70.8 Å². The highest BCUT2D eigenvalue weighted by molar-refractivity contribution is 5.82. The topological polar surface area (TPSA) is 58.4 Å². The van der Waals surface area contributed by atoms with Crippen molar-refractivity contribution in [2.24, 2.45) is 5.73 Å². The van der Waals surface area contributed by atoms with Gasteiger partial charge in [-0.15, -0.1) is 0 Å². The van der Waals surface area contributed by atoms with Gasteiger partial charge in [-0.25, -0.2) is 0 Å². The molecule has 134 valence electrons. The largest absolute Gasteiger partial charge is 0.353 e. The lowest BCUT2D eigenvalue weighted by atomic mass is 10.0. The lowest BCUT2D eigenvalue weighted by Crippen LogP contribution is -2.39. The number of nitrogens with two attached hydrogens (primary N) is 1. The zero-order chi connectivity index (χ0) is 18.4. The van der Waals surface area contributed by atoms with Gasteiger partial charge in [0.05, 0.1) is 6.04 Å². The van der Waals surface area contributed by atoms with Crippen molar-refractivity contribution in [1.82, 2.24) is 10.2 Å². The van der Waals surface area contributed by atoms with Crippen LogP contribution in [0.4, 0.5) is 0 Å². The molecule has 2 atom stereocenters. The SMILES string of the molecule is CCc1ccc(C(CNC(=O)C(N)c2ccc(C)cc2)N(C)C)cc1. The predicted octanol–water partition coefficient (Wildman–Crippen LogP) is 2.98. The van der Waals surface area contributed by atoms with Crippen molar-refractivity contribution in [2.75, 3.05) is 20.6 Å². The highest BCUT2D eigenvalue weighted by Gasteiger charge is 2.19. The fourth-order valence-electron chi connectivity index (χ4n) is 2.81. The van der Waals surface area contributed by atoms with Crippen LogP contribution >= 0.6 is 0 Å². The summed E-state index contributed by atoms with van der Waals surface area (Å²) in [5, 5.41) is 3.00. The molecule has 1 amide bonds. The second-order valence-electron chi connectivity index (χ2n) is 6.71. The van der Waals surface area contributed by atoms with Crippen molar-refractivity contribution in [3.8, 4) is 0 Å². The minimum Gasteiger partial charge on any atom is -0.353 e. The molecule has 0 bridgehead atoms. The first-order valence-corrected chi connectivity index (χ1v) is 8.77. The Labute approximate surface area is 151 Å². The normalized spacial score (nSPS) is 13.5. The summed E-state index contributed by atoms with van der Waals surface area (Å²) < 4.78 is 0. The van der Waals surface area contributed by atoms with E-state index in [1.165, 1.54) is 11.1 Å². The molecular weight excluding hydrogens is 310 g/mol. The van der Waals surface area contributed by atoms with E-state index in [0.29, 0.717) is 6.54 Å². The maximum absolute atomic E-state index is 12.4. The number of amides is 1. The van der Waals surface area contributed by atoms with Gasteiger partial charge < -0.3 is 16.0 Å². The first kappa shape index (κ1) is 19.2. The molecule has 0 aliphatic heterocycles. The molecule has 0 aliphatic rings. The molecule has 2 aromatic carbocycles. The fraction of sp³-hybridized carbons (Fsp3) is 0.381. The zero-order valence-corrected chi connectivity index (χ0v) is 15.6. The third-order valence-corrected chi connectivity index (χ3v) is 4.58. The van der Waals surface area contributed by atoms with Gasteiger partial charge in [0.15, 0.2) is 0 Å². The molecule has 4 heteroatoms. The number of benzene rings is 2. The van der Waals surface area contributed by atoms with E-state index in [2.05, 4.69) is 41.4 Å². The van der Waals surface area contributed by atoms with Gasteiger partial charge in [0.25, 0.3) is 0 Å². The van der Waals surface area contributed by atoms with Crippen molar-refractivity contribution >= 4 is 5.91 Å². The van der Waals surface area contributed by atoms with E-state index in [-0.39, 0.29) is 11.9 Å². The Hall–Kier alpha value is -2.17. The number of nitrogens with zero attached hydrogens (tertiary/aromatic N) is 1. The number of carbonyl (C=O) groups excluding carboxylic acids is 1. The van der Waals surface area contributed by atoms with Crippen LogP contribution in [-0.4, -0.2) is 31.4 Å². The molecule has 3 N–H and O–H groups in total. The van der Waals surface area contributed by atoms with Crippen LogP contribution in [0.25, 0.3) is 0 Å². The van der Waals surface area contributed by atoms with Crippen molar-refractivity contribution < 1.29 is 4.79 Å². The van der Waals surface area contributed by atoms with Crippen LogP contribution in [0.1, 0.15) is 41.3 Å². The summed E-state index contributed by atoms with van der Waals surface area (Å²) in [5.41, 5.74) is 10.6. The van der Waals surface area contributed by atoms with E-state index in [9.17, 15) is 4.79 Å². The molecule has 2 unspecified atom stereocenters. The zero-order valence-electron chi connectivity index (χ0n) is 15.6. The van der Waals surface area contributed by atoms with Crippen LogP contribution in [0.3, 0.4) is 0 Å². The number of hydrogen-bond donors (Lipinski definition) is 2. The molecule has 0 radical (unpaired) electrons. The molecule has 2 aromatic rings. The van der Waals surface area contributed by atoms with Gasteiger partial charge in [-0.1, -0.05) is 61.0 Å². The Morgan fingerprint density at radius 2 is 1.60 bits per heavy atom. The number of rotatable bonds is 7. The van der Waals surface area contributed by atoms with Gasteiger partial charge >= 0.3 is 0 Å². The Kier molecular flexibility index (Phi) is 6.73. The van der Waals surface area contributed by atoms with Crippen LogP contribution in [-0.2, 0) is 11.2 Å². The number of hydrogen-bond acceptors (Lipinski definition) is 3. The molecule has 0 saturated heterocycles. The van der Waals surface area contributed by atoms with E-state index in [4.69, 9.17) is 5.73 Å². The first-order chi connectivity index (χ1) is 11.9. The maximum atomic E-state index is 12.4. The van der Waals surface area contributed by atoms with E-state index < -0.39 is 6.04 Å². The summed E-state index contributed by atoms with van der Waals surface area (Å²) in [6, 6.07) is 15.8. The Bertz CT molecular complexity index is 677. The number of aryl methyl sites for hydroxylation is 2. The van der Waals surface area contributed by atoms with Gasteiger partial charge in [0.1, 0.15) is 6.04 Å². The highest BCUT2D eigenvalue weighted by Crippen LogP contribution is 2.19. The third kappa shape index (κ3) is 5.15. The van der Waals surface area contributed by atoms with Crippen molar-refractivity contribution in [1.29, 1.82) is 0 Å². The third-order valence-electron chi connectivity index (χ3n) is 4.58. The fourth-order valence-corrected chi connectivity index (χ4v) is 2.81. The highest BCUT2D eigenvalue weighted by atomic mass is 16.2. The lowest BCUT2D eigenvalue weighted by molar-refractivity contribution is -0.122. The van der Waals surface area contributed by atoms with Crippen LogP contribution in [0.5, 0.6) is 0 Å². The van der Waals surface area contributed by atoms with Crippen LogP contribution in [0.2, 0.25) is 0 Å². The van der Waals surface area contributed by atoms with Crippen molar-refractivity contribution in [3.63, 3.8) is 0 Å². The standard InChI is InChI=1S/C21H29N3O/c1-5-16-8-12-17(13-9-16)19(24(3)4)14-23-21(25)20(22)18-10-6-15(2)7-11-18/h6-13,19-20H,5,14,22H2,1-4H3,(H,23,25). The smallest absolute Gasteiger partial charge is 0.241 e. The van der Waals surface area contributed by atoms with Gasteiger partial charge in [0.2, 0.25) is 5.91 Å². The average molecular weight is 339 g/mol. The Balaban J connectivity index is 2.02. The monoisotopic (exact) mass is 339 g/mol. The predicted molar refractivity (Wildman–Crippen MR) is 103 cm³/mol. The van der Waals surface area contributed by atoms with Crippen LogP contribution < -0.4 is 11.1 Å². The van der Waals surface area contributed by atoms with Crippen LogP contribution in [0, 0.1) is 6.92 Å². The summed E-state index contributed by atoms with van der Waals surface area (Å²) >= 11 is 0. The molecule has 4 nitrogen and oxygen atoms in total. The Morgan fingerprint density at radius 1 is 1.04 bits per heavy atom. The molecule has 0 saturated carbocycles. The van der Waals surface area contributed by atoms with E-state index in [0.717, 1.165) is 17.5 Å². The average Bonchev–Trinajstić information content (AvgIpc) is 2.62. The van der Waals surface area contributed by atoms with Crippen LogP contribution in [0.15, 0.2) is 48.5 Å². The summed E-state index contributed by atoms with van der Waals surface area (Å²) in [5.74, 6) is -0.152. The summed E-state index contributed by atoms with van der Waals surface area (Å²) in [4.78, 5) is 14.5. The number of likely N-dealkylation sites (N-methyl/N-ethyl adjacent to an activating group) is 1. The molecule has 2 rings (SSSR count). The minimum atomic E-state index is -0.647. The molecule has 0 spiro atoms. The second kappa shape index (κ2) is 8.79. The minimum absolute atomic E-state index is 0.111. The van der Waals surface area contributed by atoms with Gasteiger partial charge in [0, 0.05) is 6.54 Å². The molecule has 0 fully saturated rings. The first-order valence-electron chi connectivity index (χ1n) is 8.77. The molecular formula is C21H29N3O. The lowest BCUT2D eigenvalue weighted by Gasteiger charge is -2.26. The molecule has 0 aliphatic carbocycles. The van der Waals surface area contributed by atoms with E-state index in [1.807, 2.05) is 45.3 Å². The second-order valence-corrected chi connectivity index (χ2v) is 6.71. The van der Waals surface area contributed by atoms with Crippen molar-refractivity contribution in [2.45, 2.75) is 32.4 Å². The summed E-state index contributed by atoms with van der Waals surface area (Å²) in [6.07, 6.45) is 1.02. The number of carbonyl (C=O) groups is 1. The van der Waals surface area contributed by atoms with Gasteiger partial charge in [-0.3, -0.25) is 4.79 Å².